The number of hydrogen-bond acceptors (Lipinski definition) is 4. The van der Waals surface area contributed by atoms with Crippen molar-refractivity contribution in [3.63, 3.8) is 0 Å². The molecule has 0 unspecified atom stereocenters. The van der Waals surface area contributed by atoms with Crippen LogP contribution in [0.25, 0.3) is 0 Å². The molecule has 0 amide bonds. The lowest BCUT2D eigenvalue weighted by atomic mass is 9.85. The highest BCUT2D eigenvalue weighted by atomic mass is 16.6. The zero-order valence-electron chi connectivity index (χ0n) is 9.26. The minimum atomic E-state index is -0.557. The summed E-state index contributed by atoms with van der Waals surface area (Å²) in [4.78, 5) is 20.3. The molecule has 0 radical (unpaired) electrons. The summed E-state index contributed by atoms with van der Waals surface area (Å²) in [5.74, 6) is 0. The van der Waals surface area contributed by atoms with E-state index in [1.807, 2.05) is 0 Å². The van der Waals surface area contributed by atoms with Crippen LogP contribution in [0.1, 0.15) is 26.3 Å². The average molecular weight is 224 g/mol. The fourth-order valence-electron chi connectivity index (χ4n) is 1.40. The second kappa shape index (κ2) is 3.88. The molecular formula is C10H12N2O4. The molecule has 0 fully saturated rings. The Morgan fingerprint density at radius 2 is 1.62 bits per heavy atom. The first kappa shape index (κ1) is 12.1. The van der Waals surface area contributed by atoms with E-state index in [1.165, 1.54) is 12.1 Å². The van der Waals surface area contributed by atoms with E-state index in [9.17, 15) is 20.2 Å². The van der Waals surface area contributed by atoms with Crippen molar-refractivity contribution in [1.82, 2.24) is 0 Å². The Hall–Kier alpha value is -1.98. The average Bonchev–Trinajstić information content (AvgIpc) is 2.15. The van der Waals surface area contributed by atoms with Crippen LogP contribution in [0.4, 0.5) is 11.4 Å². The van der Waals surface area contributed by atoms with E-state index in [2.05, 4.69) is 0 Å². The molecule has 6 heteroatoms. The molecule has 1 aromatic rings. The molecule has 0 aliphatic rings. The van der Waals surface area contributed by atoms with Crippen molar-refractivity contribution in [2.24, 2.45) is 0 Å². The maximum absolute atomic E-state index is 10.8. The molecule has 0 heterocycles. The number of nitro groups is 2. The molecule has 1 aromatic carbocycles. The molecular weight excluding hydrogens is 212 g/mol. The van der Waals surface area contributed by atoms with Crippen LogP contribution in [0, 0.1) is 20.2 Å². The van der Waals surface area contributed by atoms with E-state index in [4.69, 9.17) is 0 Å². The van der Waals surface area contributed by atoms with Crippen molar-refractivity contribution in [2.75, 3.05) is 0 Å². The number of benzene rings is 1. The first-order valence-corrected chi connectivity index (χ1v) is 4.67. The molecule has 1 rings (SSSR count). The molecule has 0 aliphatic carbocycles. The number of rotatable bonds is 2. The van der Waals surface area contributed by atoms with Gasteiger partial charge in [-0.25, -0.2) is 0 Å². The molecule has 0 saturated carbocycles. The lowest BCUT2D eigenvalue weighted by Gasteiger charge is -2.18. The zero-order valence-corrected chi connectivity index (χ0v) is 9.26. The van der Waals surface area contributed by atoms with E-state index in [0.717, 1.165) is 6.07 Å². The molecule has 0 saturated heterocycles. The number of hydrogen-bond donors (Lipinski definition) is 0. The molecule has 0 aromatic heterocycles. The predicted octanol–water partition coefficient (Wildman–Crippen LogP) is 2.80. The van der Waals surface area contributed by atoms with Crippen LogP contribution in [0.5, 0.6) is 0 Å². The molecule has 0 bridgehead atoms. The lowest BCUT2D eigenvalue weighted by Crippen LogP contribution is -2.14. The summed E-state index contributed by atoms with van der Waals surface area (Å²) in [5.41, 5.74) is -0.352. The van der Waals surface area contributed by atoms with E-state index in [1.54, 1.807) is 20.8 Å². The molecule has 6 nitrogen and oxygen atoms in total. The summed E-state index contributed by atoms with van der Waals surface area (Å²) in [6, 6.07) is 3.59. The van der Waals surface area contributed by atoms with Gasteiger partial charge in [0.1, 0.15) is 0 Å². The third-order valence-electron chi connectivity index (χ3n) is 2.20. The van der Waals surface area contributed by atoms with Crippen LogP contribution in [0.3, 0.4) is 0 Å². The smallest absolute Gasteiger partial charge is 0.258 e. The summed E-state index contributed by atoms with van der Waals surface area (Å²) in [6.45, 7) is 5.33. The van der Waals surface area contributed by atoms with Crippen molar-refractivity contribution in [2.45, 2.75) is 26.2 Å². The van der Waals surface area contributed by atoms with Gasteiger partial charge in [0.05, 0.1) is 9.85 Å². The van der Waals surface area contributed by atoms with Gasteiger partial charge in [0.15, 0.2) is 0 Å². The van der Waals surface area contributed by atoms with Crippen molar-refractivity contribution in [1.29, 1.82) is 0 Å². The molecule has 0 spiro atoms. The Kier molecular flexibility index (Phi) is 2.93. The third-order valence-corrected chi connectivity index (χ3v) is 2.20. The molecule has 16 heavy (non-hydrogen) atoms. The monoisotopic (exact) mass is 224 g/mol. The minimum absolute atomic E-state index is 0.0851. The first-order valence-electron chi connectivity index (χ1n) is 4.67. The summed E-state index contributed by atoms with van der Waals surface area (Å²) < 4.78 is 0. The normalized spacial score (nSPS) is 11.2. The van der Waals surface area contributed by atoms with E-state index < -0.39 is 15.3 Å². The van der Waals surface area contributed by atoms with Gasteiger partial charge < -0.3 is 0 Å². The standard InChI is InChI=1S/C10H12N2O4/c1-10(2,3)8-6-7(11(13)14)4-5-9(8)12(15)16/h4-6H,1-3H3. The third kappa shape index (κ3) is 2.33. The lowest BCUT2D eigenvalue weighted by molar-refractivity contribution is -0.390. The van der Waals surface area contributed by atoms with Gasteiger partial charge in [0.2, 0.25) is 0 Å². The summed E-state index contributed by atoms with van der Waals surface area (Å²) >= 11 is 0. The Bertz CT molecular complexity index is 449. The number of non-ortho nitro benzene ring substituents is 1. The maximum Gasteiger partial charge on any atom is 0.273 e. The number of nitro benzene ring substituents is 2. The highest BCUT2D eigenvalue weighted by molar-refractivity contribution is 5.51. The van der Waals surface area contributed by atoms with E-state index in [0.29, 0.717) is 5.56 Å². The fourth-order valence-corrected chi connectivity index (χ4v) is 1.40. The van der Waals surface area contributed by atoms with E-state index >= 15 is 0 Å². The van der Waals surface area contributed by atoms with Gasteiger partial charge in [0.25, 0.3) is 11.4 Å². The molecule has 86 valence electrons. The predicted molar refractivity (Wildman–Crippen MR) is 58.5 cm³/mol. The quantitative estimate of drug-likeness (QED) is 0.570. The largest absolute Gasteiger partial charge is 0.273 e. The topological polar surface area (TPSA) is 86.3 Å². The summed E-state index contributed by atoms with van der Waals surface area (Å²) in [5, 5.41) is 21.4. The van der Waals surface area contributed by atoms with Gasteiger partial charge in [-0.15, -0.1) is 0 Å². The SMILES string of the molecule is CC(C)(C)c1cc([N+](=O)[O-])ccc1[N+](=O)[O-]. The van der Waals surface area contributed by atoms with Crippen LogP contribution in [-0.2, 0) is 5.41 Å². The van der Waals surface area contributed by atoms with Gasteiger partial charge in [-0.2, -0.15) is 0 Å². The highest BCUT2D eigenvalue weighted by Crippen LogP contribution is 2.33. The Balaban J connectivity index is 3.45. The second-order valence-electron chi connectivity index (χ2n) is 4.47. The maximum atomic E-state index is 10.8. The molecule has 0 atom stereocenters. The van der Waals surface area contributed by atoms with Gasteiger partial charge >= 0.3 is 0 Å². The van der Waals surface area contributed by atoms with E-state index in [-0.39, 0.29) is 11.4 Å². The van der Waals surface area contributed by atoms with Crippen LogP contribution in [-0.4, -0.2) is 9.85 Å². The Morgan fingerprint density at radius 1 is 1.06 bits per heavy atom. The zero-order chi connectivity index (χ0) is 12.5. The fraction of sp³-hybridized carbons (Fsp3) is 0.400. The van der Waals surface area contributed by atoms with Crippen LogP contribution in [0.2, 0.25) is 0 Å². The van der Waals surface area contributed by atoms with Gasteiger partial charge in [-0.1, -0.05) is 20.8 Å². The van der Waals surface area contributed by atoms with Crippen molar-refractivity contribution < 1.29 is 9.85 Å². The molecule has 0 aliphatic heterocycles. The van der Waals surface area contributed by atoms with Gasteiger partial charge in [0, 0.05) is 23.8 Å². The van der Waals surface area contributed by atoms with Crippen LogP contribution in [0.15, 0.2) is 18.2 Å². The van der Waals surface area contributed by atoms with Gasteiger partial charge in [-0.3, -0.25) is 20.2 Å². The Labute approximate surface area is 92.2 Å². The van der Waals surface area contributed by atoms with Crippen LogP contribution < -0.4 is 0 Å². The minimum Gasteiger partial charge on any atom is -0.258 e. The van der Waals surface area contributed by atoms with Gasteiger partial charge in [-0.05, 0) is 5.41 Å². The second-order valence-corrected chi connectivity index (χ2v) is 4.47. The summed E-state index contributed by atoms with van der Waals surface area (Å²) in [7, 11) is 0. The van der Waals surface area contributed by atoms with Crippen molar-refractivity contribution in [3.8, 4) is 0 Å². The highest BCUT2D eigenvalue weighted by Gasteiger charge is 2.27. The van der Waals surface area contributed by atoms with Crippen LogP contribution >= 0.6 is 0 Å². The number of nitrogens with zero attached hydrogens (tertiary/aromatic N) is 2. The van der Waals surface area contributed by atoms with Crippen molar-refractivity contribution >= 4 is 11.4 Å². The summed E-state index contributed by atoms with van der Waals surface area (Å²) in [6.07, 6.45) is 0. The van der Waals surface area contributed by atoms with Crippen molar-refractivity contribution in [3.05, 3.63) is 44.0 Å². The Morgan fingerprint density at radius 3 is 2.00 bits per heavy atom. The molecule has 0 N–H and O–H groups in total. The first-order chi connectivity index (χ1) is 7.23.